The van der Waals surface area contributed by atoms with Crippen LogP contribution in [0.25, 0.3) is 10.8 Å². The van der Waals surface area contributed by atoms with E-state index < -0.39 is 12.1 Å². The fourth-order valence-electron chi connectivity index (χ4n) is 3.26. The van der Waals surface area contributed by atoms with Crippen LogP contribution in [0.5, 0.6) is 5.75 Å². The Hall–Kier alpha value is -2.56. The van der Waals surface area contributed by atoms with Gasteiger partial charge in [0.15, 0.2) is 6.10 Å². The van der Waals surface area contributed by atoms with Gasteiger partial charge in [-0.3, -0.25) is 4.79 Å². The van der Waals surface area contributed by atoms with Gasteiger partial charge in [-0.25, -0.2) is 4.79 Å². The zero-order valence-electron chi connectivity index (χ0n) is 14.3. The molecule has 1 atom stereocenters. The first-order valence-electron chi connectivity index (χ1n) is 8.78. The van der Waals surface area contributed by atoms with Crippen LogP contribution in [0.2, 0.25) is 0 Å². The number of aromatic hydroxyl groups is 1. The van der Waals surface area contributed by atoms with Crippen molar-refractivity contribution in [1.82, 2.24) is 5.32 Å². The molecule has 0 unspecified atom stereocenters. The average Bonchev–Trinajstić information content (AvgIpc) is 2.63. The molecule has 0 bridgehead atoms. The van der Waals surface area contributed by atoms with Gasteiger partial charge in [-0.2, -0.15) is 0 Å². The minimum atomic E-state index is -0.903. The summed E-state index contributed by atoms with van der Waals surface area (Å²) in [6.45, 7) is 1.55. The number of hydrogen-bond acceptors (Lipinski definition) is 4. The molecular formula is C20H23NO4. The Morgan fingerprint density at radius 1 is 1.12 bits per heavy atom. The summed E-state index contributed by atoms with van der Waals surface area (Å²) in [4.78, 5) is 24.6. The molecule has 0 aliphatic heterocycles. The van der Waals surface area contributed by atoms with Crippen LogP contribution in [-0.2, 0) is 9.53 Å². The van der Waals surface area contributed by atoms with E-state index in [4.69, 9.17) is 4.74 Å². The lowest BCUT2D eigenvalue weighted by Gasteiger charge is -2.24. The number of rotatable bonds is 4. The van der Waals surface area contributed by atoms with Crippen molar-refractivity contribution in [3.05, 3.63) is 42.0 Å². The first kappa shape index (κ1) is 17.3. The number of amides is 1. The molecule has 1 saturated carbocycles. The lowest BCUT2D eigenvalue weighted by Crippen LogP contribution is -2.42. The lowest BCUT2D eigenvalue weighted by atomic mass is 9.95. The number of fused-ring (bicyclic) bond motifs is 1. The topological polar surface area (TPSA) is 75.6 Å². The van der Waals surface area contributed by atoms with E-state index in [2.05, 4.69) is 5.32 Å². The molecule has 25 heavy (non-hydrogen) atoms. The van der Waals surface area contributed by atoms with Gasteiger partial charge < -0.3 is 15.2 Å². The molecule has 0 aromatic heterocycles. The molecule has 1 aliphatic rings. The van der Waals surface area contributed by atoms with Gasteiger partial charge in [0.05, 0.1) is 0 Å². The summed E-state index contributed by atoms with van der Waals surface area (Å²) in [7, 11) is 0. The van der Waals surface area contributed by atoms with E-state index in [0.717, 1.165) is 31.1 Å². The molecule has 2 N–H and O–H groups in total. The number of ether oxygens (including phenoxy) is 1. The minimum Gasteiger partial charge on any atom is -0.506 e. The predicted molar refractivity (Wildman–Crippen MR) is 95.5 cm³/mol. The summed E-state index contributed by atoms with van der Waals surface area (Å²) >= 11 is 0. The third kappa shape index (κ3) is 3.92. The molecule has 1 fully saturated rings. The summed E-state index contributed by atoms with van der Waals surface area (Å²) in [5.41, 5.74) is 0.0658. The van der Waals surface area contributed by atoms with Crippen molar-refractivity contribution in [1.29, 1.82) is 0 Å². The summed E-state index contributed by atoms with van der Waals surface area (Å²) in [6, 6.07) is 10.7. The summed E-state index contributed by atoms with van der Waals surface area (Å²) in [5, 5.41) is 14.7. The molecule has 0 radical (unpaired) electrons. The Bertz CT molecular complexity index is 780. The highest BCUT2D eigenvalue weighted by atomic mass is 16.5. The van der Waals surface area contributed by atoms with Crippen LogP contribution in [0.1, 0.15) is 49.4 Å². The molecule has 0 saturated heterocycles. The predicted octanol–water partition coefficient (Wildman–Crippen LogP) is 3.54. The van der Waals surface area contributed by atoms with Crippen LogP contribution >= 0.6 is 0 Å². The van der Waals surface area contributed by atoms with Gasteiger partial charge in [-0.15, -0.1) is 0 Å². The van der Waals surface area contributed by atoms with Crippen LogP contribution in [0, 0.1) is 0 Å². The Morgan fingerprint density at radius 2 is 1.84 bits per heavy atom. The van der Waals surface area contributed by atoms with Gasteiger partial charge in [-0.05, 0) is 31.2 Å². The highest BCUT2D eigenvalue weighted by Crippen LogP contribution is 2.29. The van der Waals surface area contributed by atoms with Crippen molar-refractivity contribution < 1.29 is 19.4 Å². The van der Waals surface area contributed by atoms with Crippen molar-refractivity contribution in [2.24, 2.45) is 0 Å². The highest BCUT2D eigenvalue weighted by Gasteiger charge is 2.24. The van der Waals surface area contributed by atoms with Crippen LogP contribution in [0.15, 0.2) is 36.4 Å². The molecule has 5 heteroatoms. The zero-order chi connectivity index (χ0) is 17.8. The SMILES string of the molecule is C[C@H](OC(=O)c1ccc2ccccc2c1O)C(=O)NC1CCCCC1. The third-order valence-electron chi connectivity index (χ3n) is 4.73. The number of nitrogens with one attached hydrogen (secondary N) is 1. The van der Waals surface area contributed by atoms with E-state index in [-0.39, 0.29) is 23.3 Å². The lowest BCUT2D eigenvalue weighted by molar-refractivity contribution is -0.130. The van der Waals surface area contributed by atoms with Gasteiger partial charge in [-0.1, -0.05) is 49.6 Å². The minimum absolute atomic E-state index is 0.0658. The maximum absolute atomic E-state index is 12.4. The molecule has 1 amide bonds. The van der Waals surface area contributed by atoms with Gasteiger partial charge in [0.1, 0.15) is 11.3 Å². The summed E-state index contributed by atoms with van der Waals surface area (Å²) in [5.74, 6) is -1.11. The Morgan fingerprint density at radius 3 is 2.60 bits per heavy atom. The maximum atomic E-state index is 12.4. The first-order chi connectivity index (χ1) is 12.1. The van der Waals surface area contributed by atoms with Crippen molar-refractivity contribution in [2.45, 2.75) is 51.2 Å². The molecule has 0 heterocycles. The summed E-state index contributed by atoms with van der Waals surface area (Å²) in [6.07, 6.45) is 4.47. The quantitative estimate of drug-likeness (QED) is 0.834. The molecule has 132 valence electrons. The monoisotopic (exact) mass is 341 g/mol. The van der Waals surface area contributed by atoms with Gasteiger partial charge in [0, 0.05) is 11.4 Å². The molecule has 2 aromatic carbocycles. The van der Waals surface area contributed by atoms with E-state index >= 15 is 0 Å². The highest BCUT2D eigenvalue weighted by molar-refractivity contribution is 6.01. The summed E-state index contributed by atoms with van der Waals surface area (Å²) < 4.78 is 5.26. The molecule has 1 aliphatic carbocycles. The zero-order valence-corrected chi connectivity index (χ0v) is 14.3. The van der Waals surface area contributed by atoms with Crippen LogP contribution in [-0.4, -0.2) is 29.1 Å². The van der Waals surface area contributed by atoms with Crippen molar-refractivity contribution in [3.63, 3.8) is 0 Å². The average molecular weight is 341 g/mol. The van der Waals surface area contributed by atoms with E-state index in [0.29, 0.717) is 5.39 Å². The first-order valence-corrected chi connectivity index (χ1v) is 8.78. The number of phenols is 1. The third-order valence-corrected chi connectivity index (χ3v) is 4.73. The maximum Gasteiger partial charge on any atom is 0.342 e. The Labute approximate surface area is 147 Å². The van der Waals surface area contributed by atoms with Gasteiger partial charge in [0.25, 0.3) is 5.91 Å². The molecular weight excluding hydrogens is 318 g/mol. The molecule has 5 nitrogen and oxygen atoms in total. The molecule has 0 spiro atoms. The number of hydrogen-bond donors (Lipinski definition) is 2. The van der Waals surface area contributed by atoms with Gasteiger partial charge >= 0.3 is 5.97 Å². The fourth-order valence-corrected chi connectivity index (χ4v) is 3.26. The van der Waals surface area contributed by atoms with E-state index in [1.807, 2.05) is 12.1 Å². The second kappa shape index (κ2) is 7.55. The largest absolute Gasteiger partial charge is 0.506 e. The fraction of sp³-hybridized carbons (Fsp3) is 0.400. The normalized spacial score (nSPS) is 16.4. The van der Waals surface area contributed by atoms with Crippen LogP contribution < -0.4 is 5.32 Å². The van der Waals surface area contributed by atoms with Gasteiger partial charge in [0.2, 0.25) is 0 Å². The van der Waals surface area contributed by atoms with E-state index in [1.54, 1.807) is 25.1 Å². The van der Waals surface area contributed by atoms with Crippen LogP contribution in [0.4, 0.5) is 0 Å². The number of benzene rings is 2. The van der Waals surface area contributed by atoms with E-state index in [9.17, 15) is 14.7 Å². The number of carbonyl (C=O) groups excluding carboxylic acids is 2. The van der Waals surface area contributed by atoms with Crippen molar-refractivity contribution >= 4 is 22.6 Å². The van der Waals surface area contributed by atoms with Crippen molar-refractivity contribution in [2.75, 3.05) is 0 Å². The standard InChI is InChI=1S/C20H23NO4/c1-13(19(23)21-15-8-3-2-4-9-15)25-20(24)17-12-11-14-7-5-6-10-16(14)18(17)22/h5-7,10-13,15,22H,2-4,8-9H2,1H3,(H,21,23)/t13-/m0/s1. The number of phenolic OH excluding ortho intramolecular Hbond substituents is 1. The molecule has 2 aromatic rings. The Kier molecular flexibility index (Phi) is 5.22. The Balaban J connectivity index is 1.67. The smallest absolute Gasteiger partial charge is 0.342 e. The molecule has 3 rings (SSSR count). The van der Waals surface area contributed by atoms with E-state index in [1.165, 1.54) is 12.5 Å². The second-order valence-electron chi connectivity index (χ2n) is 6.57. The number of carbonyl (C=O) groups is 2. The van der Waals surface area contributed by atoms with Crippen LogP contribution in [0.3, 0.4) is 0 Å². The second-order valence-corrected chi connectivity index (χ2v) is 6.57. The van der Waals surface area contributed by atoms with Crippen molar-refractivity contribution in [3.8, 4) is 5.75 Å². The number of esters is 1.